The maximum atomic E-state index is 13.2. The lowest BCUT2D eigenvalue weighted by Crippen LogP contribution is -2.49. The molecule has 27 heavy (non-hydrogen) atoms. The first-order valence-corrected chi connectivity index (χ1v) is 9.16. The number of nitrogens with zero attached hydrogens (tertiary/aromatic N) is 1. The van der Waals surface area contributed by atoms with E-state index >= 15 is 0 Å². The fraction of sp³-hybridized carbons (Fsp3) is 0.364. The van der Waals surface area contributed by atoms with Crippen molar-refractivity contribution in [3.05, 3.63) is 71.0 Å². The molecule has 0 bridgehead atoms. The molecule has 1 atom stereocenters. The Morgan fingerprint density at radius 1 is 0.963 bits per heavy atom. The van der Waals surface area contributed by atoms with E-state index in [9.17, 15) is 14.0 Å². The Kier molecular flexibility index (Phi) is 7.11. The van der Waals surface area contributed by atoms with Crippen LogP contribution in [-0.2, 0) is 22.6 Å². The summed E-state index contributed by atoms with van der Waals surface area (Å²) in [5.74, 6) is -0.680. The van der Waals surface area contributed by atoms with E-state index in [4.69, 9.17) is 0 Å². The largest absolute Gasteiger partial charge is 0.352 e. The SMILES string of the molecule is Cc1ccc(CC(=O)N(Cc2ccc(F)cc2)[C@@H](C)C(=O)NC(C)C)cc1. The molecule has 0 saturated carbocycles. The molecule has 2 rings (SSSR count). The van der Waals surface area contributed by atoms with Crippen molar-refractivity contribution in [2.75, 3.05) is 0 Å². The average Bonchev–Trinajstić information content (AvgIpc) is 2.62. The Morgan fingerprint density at radius 2 is 1.52 bits per heavy atom. The van der Waals surface area contributed by atoms with Crippen molar-refractivity contribution in [2.24, 2.45) is 0 Å². The van der Waals surface area contributed by atoms with E-state index in [1.54, 1.807) is 24.0 Å². The lowest BCUT2D eigenvalue weighted by atomic mass is 10.1. The Bertz CT molecular complexity index is 770. The molecule has 0 fully saturated rings. The highest BCUT2D eigenvalue weighted by atomic mass is 19.1. The van der Waals surface area contributed by atoms with Crippen LogP contribution in [-0.4, -0.2) is 28.8 Å². The van der Waals surface area contributed by atoms with Crippen LogP contribution < -0.4 is 5.32 Å². The van der Waals surface area contributed by atoms with Gasteiger partial charge in [0.05, 0.1) is 6.42 Å². The normalized spacial score (nSPS) is 11.9. The summed E-state index contributed by atoms with van der Waals surface area (Å²) in [6.45, 7) is 7.71. The van der Waals surface area contributed by atoms with Crippen LogP contribution >= 0.6 is 0 Å². The molecular formula is C22H27FN2O2. The fourth-order valence-corrected chi connectivity index (χ4v) is 2.76. The summed E-state index contributed by atoms with van der Waals surface area (Å²) < 4.78 is 13.2. The van der Waals surface area contributed by atoms with Crippen LogP contribution in [0, 0.1) is 12.7 Å². The number of aryl methyl sites for hydroxylation is 1. The first-order chi connectivity index (χ1) is 12.8. The van der Waals surface area contributed by atoms with Crippen LogP contribution in [0.5, 0.6) is 0 Å². The van der Waals surface area contributed by atoms with E-state index in [-0.39, 0.29) is 36.6 Å². The molecule has 0 unspecified atom stereocenters. The Labute approximate surface area is 160 Å². The minimum absolute atomic E-state index is 0.0141. The number of nitrogens with one attached hydrogen (secondary N) is 1. The molecular weight excluding hydrogens is 343 g/mol. The van der Waals surface area contributed by atoms with Crippen LogP contribution in [0.3, 0.4) is 0 Å². The third kappa shape index (κ3) is 6.20. The van der Waals surface area contributed by atoms with Gasteiger partial charge in [0, 0.05) is 12.6 Å². The molecule has 0 heterocycles. The fourth-order valence-electron chi connectivity index (χ4n) is 2.76. The number of carbonyl (C=O) groups excluding carboxylic acids is 2. The van der Waals surface area contributed by atoms with Crippen LogP contribution in [0.15, 0.2) is 48.5 Å². The standard InChI is InChI=1S/C22H27FN2O2/c1-15(2)24-22(27)17(4)25(14-19-9-11-20(23)12-10-19)21(26)13-18-7-5-16(3)6-8-18/h5-12,15,17H,13-14H2,1-4H3,(H,24,27)/t17-/m0/s1. The zero-order valence-electron chi connectivity index (χ0n) is 16.3. The summed E-state index contributed by atoms with van der Waals surface area (Å²) in [6, 6.07) is 13.1. The minimum Gasteiger partial charge on any atom is -0.352 e. The summed E-state index contributed by atoms with van der Waals surface area (Å²) in [5, 5.41) is 2.85. The predicted octanol–water partition coefficient (Wildman–Crippen LogP) is 3.62. The molecule has 2 aromatic rings. The van der Waals surface area contributed by atoms with Gasteiger partial charge < -0.3 is 10.2 Å². The third-order valence-corrected chi connectivity index (χ3v) is 4.34. The molecule has 0 aromatic heterocycles. The Balaban J connectivity index is 2.21. The molecule has 1 N–H and O–H groups in total. The molecule has 0 spiro atoms. The van der Waals surface area contributed by atoms with Gasteiger partial charge in [-0.05, 0) is 51.0 Å². The Hall–Kier alpha value is -2.69. The smallest absolute Gasteiger partial charge is 0.242 e. The maximum absolute atomic E-state index is 13.2. The Morgan fingerprint density at radius 3 is 2.07 bits per heavy atom. The first kappa shape index (κ1) is 20.6. The summed E-state index contributed by atoms with van der Waals surface area (Å²) >= 11 is 0. The predicted molar refractivity (Wildman–Crippen MR) is 105 cm³/mol. The van der Waals surface area contributed by atoms with Gasteiger partial charge in [-0.3, -0.25) is 9.59 Å². The van der Waals surface area contributed by atoms with E-state index < -0.39 is 6.04 Å². The van der Waals surface area contributed by atoms with E-state index in [2.05, 4.69) is 5.32 Å². The third-order valence-electron chi connectivity index (χ3n) is 4.34. The molecule has 0 radical (unpaired) electrons. The summed E-state index contributed by atoms with van der Waals surface area (Å²) in [7, 11) is 0. The summed E-state index contributed by atoms with van der Waals surface area (Å²) in [4.78, 5) is 27.0. The highest BCUT2D eigenvalue weighted by Gasteiger charge is 2.26. The number of hydrogen-bond acceptors (Lipinski definition) is 2. The van der Waals surface area contributed by atoms with Gasteiger partial charge in [0.15, 0.2) is 0 Å². The molecule has 0 aliphatic carbocycles. The van der Waals surface area contributed by atoms with Crippen molar-refractivity contribution in [1.82, 2.24) is 10.2 Å². The second kappa shape index (κ2) is 9.31. The van der Waals surface area contributed by atoms with Gasteiger partial charge in [-0.15, -0.1) is 0 Å². The molecule has 2 aromatic carbocycles. The van der Waals surface area contributed by atoms with E-state index in [0.717, 1.165) is 16.7 Å². The number of rotatable bonds is 7. The lowest BCUT2D eigenvalue weighted by molar-refractivity contribution is -0.140. The van der Waals surface area contributed by atoms with Crippen molar-refractivity contribution in [1.29, 1.82) is 0 Å². The van der Waals surface area contributed by atoms with Crippen LogP contribution in [0.2, 0.25) is 0 Å². The molecule has 0 aliphatic heterocycles. The highest BCUT2D eigenvalue weighted by molar-refractivity contribution is 5.88. The van der Waals surface area contributed by atoms with Gasteiger partial charge in [0.2, 0.25) is 11.8 Å². The van der Waals surface area contributed by atoms with Crippen molar-refractivity contribution in [3.63, 3.8) is 0 Å². The molecule has 4 nitrogen and oxygen atoms in total. The molecule has 0 aliphatic rings. The van der Waals surface area contributed by atoms with Crippen LogP contribution in [0.1, 0.15) is 37.5 Å². The number of hydrogen-bond donors (Lipinski definition) is 1. The van der Waals surface area contributed by atoms with Gasteiger partial charge in [-0.2, -0.15) is 0 Å². The average molecular weight is 370 g/mol. The number of amides is 2. The van der Waals surface area contributed by atoms with Gasteiger partial charge in [0.25, 0.3) is 0 Å². The zero-order valence-corrected chi connectivity index (χ0v) is 16.3. The zero-order chi connectivity index (χ0) is 20.0. The second-order valence-electron chi connectivity index (χ2n) is 7.15. The quantitative estimate of drug-likeness (QED) is 0.809. The van der Waals surface area contributed by atoms with Crippen molar-refractivity contribution < 1.29 is 14.0 Å². The van der Waals surface area contributed by atoms with Crippen LogP contribution in [0.25, 0.3) is 0 Å². The van der Waals surface area contributed by atoms with Gasteiger partial charge in [0.1, 0.15) is 11.9 Å². The summed E-state index contributed by atoms with van der Waals surface area (Å²) in [6.07, 6.45) is 0.209. The topological polar surface area (TPSA) is 49.4 Å². The summed E-state index contributed by atoms with van der Waals surface area (Å²) in [5.41, 5.74) is 2.79. The lowest BCUT2D eigenvalue weighted by Gasteiger charge is -2.29. The maximum Gasteiger partial charge on any atom is 0.242 e. The van der Waals surface area contributed by atoms with Gasteiger partial charge in [-0.25, -0.2) is 4.39 Å². The molecule has 2 amide bonds. The minimum atomic E-state index is -0.629. The van der Waals surface area contributed by atoms with E-state index in [1.807, 2.05) is 45.0 Å². The second-order valence-corrected chi connectivity index (χ2v) is 7.15. The number of carbonyl (C=O) groups is 2. The van der Waals surface area contributed by atoms with Crippen molar-refractivity contribution in [2.45, 2.75) is 52.7 Å². The van der Waals surface area contributed by atoms with Crippen molar-refractivity contribution >= 4 is 11.8 Å². The van der Waals surface area contributed by atoms with Gasteiger partial charge >= 0.3 is 0 Å². The van der Waals surface area contributed by atoms with E-state index in [1.165, 1.54) is 12.1 Å². The van der Waals surface area contributed by atoms with E-state index in [0.29, 0.717) is 0 Å². The number of benzene rings is 2. The van der Waals surface area contributed by atoms with Gasteiger partial charge in [-0.1, -0.05) is 42.0 Å². The number of halogens is 1. The monoisotopic (exact) mass is 370 g/mol. The first-order valence-electron chi connectivity index (χ1n) is 9.16. The van der Waals surface area contributed by atoms with Crippen molar-refractivity contribution in [3.8, 4) is 0 Å². The highest BCUT2D eigenvalue weighted by Crippen LogP contribution is 2.14. The molecule has 5 heteroatoms. The molecule has 144 valence electrons. The van der Waals surface area contributed by atoms with Crippen LogP contribution in [0.4, 0.5) is 4.39 Å². The molecule has 0 saturated heterocycles.